The first kappa shape index (κ1) is 19.9. The average molecular weight is 396 g/mol. The summed E-state index contributed by atoms with van der Waals surface area (Å²) in [5.41, 5.74) is 2.85. The van der Waals surface area contributed by atoms with Crippen LogP contribution in [0.4, 0.5) is 5.13 Å². The van der Waals surface area contributed by atoms with E-state index in [-0.39, 0.29) is 11.5 Å². The van der Waals surface area contributed by atoms with Gasteiger partial charge in [-0.25, -0.2) is 4.98 Å². The van der Waals surface area contributed by atoms with E-state index < -0.39 is 0 Å². The van der Waals surface area contributed by atoms with Gasteiger partial charge in [-0.05, 0) is 36.6 Å². The Bertz CT molecular complexity index is 890. The summed E-state index contributed by atoms with van der Waals surface area (Å²) in [6, 6.07) is 15.2. The molecule has 1 fully saturated rings. The zero-order valence-corrected chi connectivity index (χ0v) is 16.5. The van der Waals surface area contributed by atoms with Crippen molar-refractivity contribution in [3.8, 4) is 22.8 Å². The van der Waals surface area contributed by atoms with Crippen LogP contribution < -0.4 is 5.32 Å². The molecule has 28 heavy (non-hydrogen) atoms. The van der Waals surface area contributed by atoms with Crippen LogP contribution in [-0.2, 0) is 0 Å². The molecule has 1 saturated carbocycles. The van der Waals surface area contributed by atoms with Crippen molar-refractivity contribution in [2.75, 3.05) is 5.32 Å². The monoisotopic (exact) mass is 395 g/mol. The van der Waals surface area contributed by atoms with E-state index in [0.29, 0.717) is 11.6 Å². The topological polar surface area (TPSA) is 89.2 Å². The molecular formula is C22H25N3O2S. The molecule has 0 radical (unpaired) electrons. The molecule has 4 rings (SSSR count). The maximum atomic E-state index is 8.88. The Labute approximate surface area is 169 Å². The molecule has 1 aromatic heterocycles. The number of anilines is 1. The fourth-order valence-corrected chi connectivity index (χ4v) is 3.93. The largest absolute Gasteiger partial charge is 0.504 e. The van der Waals surface area contributed by atoms with Crippen LogP contribution in [0, 0.1) is 5.41 Å². The van der Waals surface area contributed by atoms with E-state index in [1.54, 1.807) is 17.4 Å². The Morgan fingerprint density at radius 2 is 1.75 bits per heavy atom. The first-order valence-electron chi connectivity index (χ1n) is 9.45. The highest BCUT2D eigenvalue weighted by molar-refractivity contribution is 7.14. The van der Waals surface area contributed by atoms with Crippen LogP contribution in [0.5, 0.6) is 11.5 Å². The fraction of sp³-hybridized carbons (Fsp3) is 0.273. The highest BCUT2D eigenvalue weighted by atomic mass is 32.1. The molecule has 0 aliphatic heterocycles. The van der Waals surface area contributed by atoms with Gasteiger partial charge in [0.05, 0.1) is 5.69 Å². The smallest absolute Gasteiger partial charge is 0.183 e. The van der Waals surface area contributed by atoms with E-state index in [9.17, 15) is 0 Å². The van der Waals surface area contributed by atoms with Gasteiger partial charge in [0, 0.05) is 23.2 Å². The fourth-order valence-electron chi connectivity index (χ4n) is 3.13. The number of hydrogen-bond acceptors (Lipinski definition) is 6. The second-order valence-electron chi connectivity index (χ2n) is 6.78. The molecule has 1 heterocycles. The Kier molecular flexibility index (Phi) is 7.03. The number of aromatic hydroxyl groups is 2. The zero-order valence-electron chi connectivity index (χ0n) is 15.6. The highest BCUT2D eigenvalue weighted by Gasteiger charge is 2.14. The lowest BCUT2D eigenvalue weighted by molar-refractivity contribution is 0.403. The SMILES string of the molecule is N=Cc1ccc(O)c(O)c1.c1ccc(-c2csc(NC3CCCCC3)n2)cc1. The van der Waals surface area contributed by atoms with Gasteiger partial charge in [-0.15, -0.1) is 11.3 Å². The van der Waals surface area contributed by atoms with Gasteiger partial charge >= 0.3 is 0 Å². The van der Waals surface area contributed by atoms with Crippen LogP contribution in [0.1, 0.15) is 37.7 Å². The number of hydrogen-bond donors (Lipinski definition) is 4. The number of nitrogens with zero attached hydrogens (tertiary/aromatic N) is 1. The number of rotatable bonds is 4. The van der Waals surface area contributed by atoms with E-state index in [1.165, 1.54) is 49.8 Å². The highest BCUT2D eigenvalue weighted by Crippen LogP contribution is 2.27. The van der Waals surface area contributed by atoms with Gasteiger partial charge < -0.3 is 20.9 Å². The van der Waals surface area contributed by atoms with E-state index in [0.717, 1.165) is 17.0 Å². The van der Waals surface area contributed by atoms with Crippen LogP contribution in [-0.4, -0.2) is 27.5 Å². The summed E-state index contributed by atoms with van der Waals surface area (Å²) >= 11 is 1.72. The summed E-state index contributed by atoms with van der Waals surface area (Å²) in [7, 11) is 0. The summed E-state index contributed by atoms with van der Waals surface area (Å²) in [6.45, 7) is 0. The van der Waals surface area contributed by atoms with Gasteiger partial charge in [-0.3, -0.25) is 0 Å². The summed E-state index contributed by atoms with van der Waals surface area (Å²) in [5, 5.41) is 31.3. The molecule has 1 aliphatic rings. The molecule has 0 saturated heterocycles. The summed E-state index contributed by atoms with van der Waals surface area (Å²) in [4.78, 5) is 4.68. The quantitative estimate of drug-likeness (QED) is 0.339. The predicted octanol–water partition coefficient (Wildman–Crippen LogP) is 5.65. The van der Waals surface area contributed by atoms with Gasteiger partial charge in [0.1, 0.15) is 0 Å². The number of aromatic nitrogens is 1. The second-order valence-corrected chi connectivity index (χ2v) is 7.63. The van der Waals surface area contributed by atoms with E-state index in [2.05, 4.69) is 39.9 Å². The van der Waals surface area contributed by atoms with Crippen LogP contribution in [0.2, 0.25) is 0 Å². The van der Waals surface area contributed by atoms with Crippen molar-refractivity contribution in [3.63, 3.8) is 0 Å². The number of phenolic OH excluding ortho intramolecular Hbond substituents is 2. The third kappa shape index (κ3) is 5.57. The molecule has 6 heteroatoms. The molecule has 146 valence electrons. The lowest BCUT2D eigenvalue weighted by Crippen LogP contribution is -2.21. The summed E-state index contributed by atoms with van der Waals surface area (Å²) in [5.74, 6) is -0.355. The minimum Gasteiger partial charge on any atom is -0.504 e. The van der Waals surface area contributed by atoms with Gasteiger partial charge in [0.15, 0.2) is 16.6 Å². The second kappa shape index (κ2) is 9.90. The normalized spacial score (nSPS) is 14.0. The number of nitrogens with one attached hydrogen (secondary N) is 2. The zero-order chi connectivity index (χ0) is 19.8. The molecule has 3 aromatic rings. The number of phenols is 2. The number of benzene rings is 2. The molecule has 4 N–H and O–H groups in total. The average Bonchev–Trinajstić information content (AvgIpc) is 3.20. The molecule has 0 amide bonds. The molecule has 2 aromatic carbocycles. The first-order valence-corrected chi connectivity index (χ1v) is 10.3. The van der Waals surface area contributed by atoms with E-state index in [1.807, 2.05) is 6.07 Å². The lowest BCUT2D eigenvalue weighted by Gasteiger charge is -2.22. The van der Waals surface area contributed by atoms with Gasteiger partial charge in [-0.1, -0.05) is 49.6 Å². The lowest BCUT2D eigenvalue weighted by atomic mass is 9.96. The van der Waals surface area contributed by atoms with Crippen molar-refractivity contribution < 1.29 is 10.2 Å². The molecule has 0 atom stereocenters. The van der Waals surface area contributed by atoms with Crippen molar-refractivity contribution in [2.45, 2.75) is 38.1 Å². The molecule has 5 nitrogen and oxygen atoms in total. The first-order chi connectivity index (χ1) is 13.7. The summed E-state index contributed by atoms with van der Waals surface area (Å²) in [6.07, 6.45) is 7.79. The maximum Gasteiger partial charge on any atom is 0.183 e. The van der Waals surface area contributed by atoms with Gasteiger partial charge in [0.2, 0.25) is 0 Å². The van der Waals surface area contributed by atoms with Crippen molar-refractivity contribution in [2.24, 2.45) is 0 Å². The molecule has 0 bridgehead atoms. The molecule has 1 aliphatic carbocycles. The van der Waals surface area contributed by atoms with E-state index in [4.69, 9.17) is 15.6 Å². The Balaban J connectivity index is 0.000000192. The van der Waals surface area contributed by atoms with Crippen LogP contribution in [0.25, 0.3) is 11.3 Å². The van der Waals surface area contributed by atoms with Gasteiger partial charge in [0.25, 0.3) is 0 Å². The van der Waals surface area contributed by atoms with Crippen LogP contribution >= 0.6 is 11.3 Å². The van der Waals surface area contributed by atoms with Crippen LogP contribution in [0.3, 0.4) is 0 Å². The Morgan fingerprint density at radius 1 is 1.00 bits per heavy atom. The van der Waals surface area contributed by atoms with Crippen molar-refractivity contribution in [1.29, 1.82) is 5.41 Å². The molecular weight excluding hydrogens is 370 g/mol. The van der Waals surface area contributed by atoms with Crippen molar-refractivity contribution >= 4 is 22.7 Å². The van der Waals surface area contributed by atoms with E-state index >= 15 is 0 Å². The molecule has 0 spiro atoms. The van der Waals surface area contributed by atoms with Crippen LogP contribution in [0.15, 0.2) is 53.9 Å². The maximum absolute atomic E-state index is 8.88. The van der Waals surface area contributed by atoms with Crippen molar-refractivity contribution in [1.82, 2.24) is 4.98 Å². The minimum atomic E-state index is -0.194. The third-order valence-electron chi connectivity index (χ3n) is 4.67. The molecule has 0 unspecified atom stereocenters. The van der Waals surface area contributed by atoms with Gasteiger partial charge in [-0.2, -0.15) is 0 Å². The van der Waals surface area contributed by atoms with Crippen molar-refractivity contribution in [3.05, 3.63) is 59.5 Å². The third-order valence-corrected chi connectivity index (χ3v) is 5.45. The predicted molar refractivity (Wildman–Crippen MR) is 116 cm³/mol. The Morgan fingerprint density at radius 3 is 2.43 bits per heavy atom. The minimum absolute atomic E-state index is 0.161. The Hall–Kier alpha value is -2.86. The standard InChI is InChI=1S/C15H18N2S.C7H7NO2/c1-3-7-12(8-4-1)14-11-18-15(17-14)16-13-9-5-2-6-10-13;8-4-5-1-2-6(9)7(10)3-5/h1,3-4,7-8,11,13H,2,5-6,9-10H2,(H,16,17);1-4,8-10H. The number of thiazole rings is 1. The summed E-state index contributed by atoms with van der Waals surface area (Å²) < 4.78 is 0.